The van der Waals surface area contributed by atoms with Crippen molar-refractivity contribution in [1.82, 2.24) is 0 Å². The largest absolute Gasteiger partial charge is 0.388 e. The zero-order valence-electron chi connectivity index (χ0n) is 6.61. The summed E-state index contributed by atoms with van der Waals surface area (Å²) >= 11 is 2.74. The van der Waals surface area contributed by atoms with Gasteiger partial charge in [-0.2, -0.15) is 0 Å². The summed E-state index contributed by atoms with van der Waals surface area (Å²) in [4.78, 5) is 10.6. The van der Waals surface area contributed by atoms with Gasteiger partial charge in [0.05, 0.1) is 12.2 Å². The van der Waals surface area contributed by atoms with E-state index in [1.807, 2.05) is 0 Å². The normalized spacial score (nSPS) is 41.7. The van der Waals surface area contributed by atoms with Crippen molar-refractivity contribution in [1.29, 1.82) is 0 Å². The Kier molecular flexibility index (Phi) is 3.22. The maximum absolute atomic E-state index is 10.6. The highest BCUT2D eigenvalue weighted by Crippen LogP contribution is 2.23. The van der Waals surface area contributed by atoms with E-state index in [4.69, 9.17) is 4.74 Å². The first-order valence-electron chi connectivity index (χ1n) is 3.72. The van der Waals surface area contributed by atoms with Crippen LogP contribution in [0.15, 0.2) is 0 Å². The Bertz CT molecular complexity index is 184. The second-order valence-electron chi connectivity index (χ2n) is 2.92. The molecule has 0 saturated carbocycles. The standard InChI is InChI=1S/C7H11BrO4/c1-3-6(10)7(11)4(12-3)2-5(8)9/h3-4,6-7,10-11H,2H2,1H3/t3-,4+,6?,7-/m0/s1. The molecule has 1 saturated heterocycles. The van der Waals surface area contributed by atoms with Gasteiger partial charge in [0.25, 0.3) is 0 Å². The summed E-state index contributed by atoms with van der Waals surface area (Å²) in [5.41, 5.74) is 0. The van der Waals surface area contributed by atoms with Crippen LogP contribution in [0.2, 0.25) is 0 Å². The second kappa shape index (κ2) is 3.83. The number of hydrogen-bond acceptors (Lipinski definition) is 4. The van der Waals surface area contributed by atoms with Gasteiger partial charge in [0.2, 0.25) is 4.69 Å². The number of aliphatic hydroxyl groups excluding tert-OH is 2. The van der Waals surface area contributed by atoms with Crippen molar-refractivity contribution < 1.29 is 19.7 Å². The Morgan fingerprint density at radius 1 is 1.50 bits per heavy atom. The Morgan fingerprint density at radius 3 is 2.42 bits per heavy atom. The molecular weight excluding hydrogens is 228 g/mol. The molecule has 2 N–H and O–H groups in total. The lowest BCUT2D eigenvalue weighted by Crippen LogP contribution is -2.32. The van der Waals surface area contributed by atoms with Crippen LogP contribution in [0.25, 0.3) is 0 Å². The summed E-state index contributed by atoms with van der Waals surface area (Å²) in [6, 6.07) is 0. The summed E-state index contributed by atoms with van der Waals surface area (Å²) in [6.07, 6.45) is -2.75. The van der Waals surface area contributed by atoms with Crippen LogP contribution in [-0.4, -0.2) is 39.3 Å². The molecule has 0 aromatic rings. The molecule has 1 rings (SSSR count). The van der Waals surface area contributed by atoms with Gasteiger partial charge in [-0.15, -0.1) is 0 Å². The fourth-order valence-corrected chi connectivity index (χ4v) is 1.58. The maximum atomic E-state index is 10.6. The van der Waals surface area contributed by atoms with Crippen LogP contribution in [0.3, 0.4) is 0 Å². The first-order chi connectivity index (χ1) is 5.52. The molecular formula is C7H11BrO4. The number of carbonyl (C=O) groups excluding carboxylic acids is 1. The number of rotatable bonds is 2. The summed E-state index contributed by atoms with van der Waals surface area (Å²) < 4.78 is 4.92. The Hall–Kier alpha value is 0.0300. The summed E-state index contributed by atoms with van der Waals surface area (Å²) in [7, 11) is 0. The Labute approximate surface area is 78.7 Å². The van der Waals surface area contributed by atoms with Gasteiger partial charge in [-0.05, 0) is 22.9 Å². The van der Waals surface area contributed by atoms with Gasteiger partial charge < -0.3 is 14.9 Å². The van der Waals surface area contributed by atoms with Crippen molar-refractivity contribution in [3.05, 3.63) is 0 Å². The summed E-state index contributed by atoms with van der Waals surface area (Å²) in [5.74, 6) is 0. The minimum Gasteiger partial charge on any atom is -0.388 e. The van der Waals surface area contributed by atoms with E-state index in [0.717, 1.165) is 0 Å². The zero-order chi connectivity index (χ0) is 9.30. The van der Waals surface area contributed by atoms with Gasteiger partial charge >= 0.3 is 0 Å². The lowest BCUT2D eigenvalue weighted by molar-refractivity contribution is -0.113. The molecule has 0 aromatic heterocycles. The third kappa shape index (κ3) is 2.04. The van der Waals surface area contributed by atoms with E-state index in [1.54, 1.807) is 6.92 Å². The van der Waals surface area contributed by atoms with Crippen LogP contribution < -0.4 is 0 Å². The monoisotopic (exact) mass is 238 g/mol. The number of ether oxygens (including phenoxy) is 1. The van der Waals surface area contributed by atoms with Crippen molar-refractivity contribution >= 4 is 20.6 Å². The van der Waals surface area contributed by atoms with Crippen LogP contribution in [0.4, 0.5) is 0 Å². The minimum absolute atomic E-state index is 0.0859. The van der Waals surface area contributed by atoms with E-state index in [1.165, 1.54) is 0 Å². The summed E-state index contributed by atoms with van der Waals surface area (Å²) in [6.45, 7) is 1.66. The van der Waals surface area contributed by atoms with Gasteiger partial charge in [-0.3, -0.25) is 4.79 Å². The fraction of sp³-hybridized carbons (Fsp3) is 0.857. The van der Waals surface area contributed by atoms with Gasteiger partial charge in [-0.25, -0.2) is 0 Å². The second-order valence-corrected chi connectivity index (χ2v) is 3.80. The molecule has 1 unspecified atom stereocenters. The molecule has 12 heavy (non-hydrogen) atoms. The SMILES string of the molecule is C[C@@H]1O[C@H](CC(=O)Br)[C@H](O)C1O. The first-order valence-corrected chi connectivity index (χ1v) is 4.51. The van der Waals surface area contributed by atoms with Crippen molar-refractivity contribution in [2.75, 3.05) is 0 Å². The predicted octanol–water partition coefficient (Wildman–Crippen LogP) is -0.193. The van der Waals surface area contributed by atoms with Gasteiger partial charge in [0, 0.05) is 6.42 Å². The van der Waals surface area contributed by atoms with Gasteiger partial charge in [0.15, 0.2) is 0 Å². The quantitative estimate of drug-likeness (QED) is 0.655. The van der Waals surface area contributed by atoms with Crippen LogP contribution >= 0.6 is 15.9 Å². The molecule has 0 spiro atoms. The third-order valence-corrected chi connectivity index (χ3v) is 2.29. The van der Waals surface area contributed by atoms with E-state index in [-0.39, 0.29) is 11.1 Å². The molecule has 5 heteroatoms. The Morgan fingerprint density at radius 2 is 2.08 bits per heavy atom. The smallest absolute Gasteiger partial charge is 0.200 e. The van der Waals surface area contributed by atoms with Crippen LogP contribution in [0.1, 0.15) is 13.3 Å². The average molecular weight is 239 g/mol. The molecule has 4 atom stereocenters. The van der Waals surface area contributed by atoms with Crippen LogP contribution in [-0.2, 0) is 9.53 Å². The highest BCUT2D eigenvalue weighted by Gasteiger charge is 2.40. The van der Waals surface area contributed by atoms with Crippen LogP contribution in [0.5, 0.6) is 0 Å². The molecule has 0 aliphatic carbocycles. The molecule has 0 radical (unpaired) electrons. The average Bonchev–Trinajstić information content (AvgIpc) is 2.17. The highest BCUT2D eigenvalue weighted by atomic mass is 79.9. The molecule has 1 heterocycles. The summed E-state index contributed by atoms with van der Waals surface area (Å²) in [5, 5.41) is 18.6. The minimum atomic E-state index is -0.957. The van der Waals surface area contributed by atoms with Crippen molar-refractivity contribution in [2.24, 2.45) is 0 Å². The molecule has 1 aliphatic rings. The van der Waals surface area contributed by atoms with E-state index < -0.39 is 24.4 Å². The number of carbonyl (C=O) groups is 1. The van der Waals surface area contributed by atoms with Crippen molar-refractivity contribution in [3.63, 3.8) is 0 Å². The van der Waals surface area contributed by atoms with E-state index in [2.05, 4.69) is 15.9 Å². The molecule has 0 bridgehead atoms. The topological polar surface area (TPSA) is 66.8 Å². The predicted molar refractivity (Wildman–Crippen MR) is 44.9 cm³/mol. The number of aliphatic hydroxyl groups is 2. The molecule has 0 aromatic carbocycles. The van der Waals surface area contributed by atoms with E-state index in [9.17, 15) is 15.0 Å². The first kappa shape index (κ1) is 10.1. The van der Waals surface area contributed by atoms with Crippen molar-refractivity contribution in [3.8, 4) is 0 Å². The Balaban J connectivity index is 2.52. The molecule has 0 amide bonds. The molecule has 4 nitrogen and oxygen atoms in total. The number of halogens is 1. The van der Waals surface area contributed by atoms with Crippen LogP contribution in [0, 0.1) is 0 Å². The zero-order valence-corrected chi connectivity index (χ0v) is 8.19. The fourth-order valence-electron chi connectivity index (χ4n) is 1.26. The van der Waals surface area contributed by atoms with Gasteiger partial charge in [-0.1, -0.05) is 0 Å². The number of hydrogen-bond donors (Lipinski definition) is 2. The third-order valence-electron chi connectivity index (χ3n) is 1.96. The molecule has 1 aliphatic heterocycles. The van der Waals surface area contributed by atoms with E-state index in [0.29, 0.717) is 0 Å². The lowest BCUT2D eigenvalue weighted by atomic mass is 10.1. The highest BCUT2D eigenvalue weighted by molar-refractivity contribution is 9.18. The maximum Gasteiger partial charge on any atom is 0.200 e. The van der Waals surface area contributed by atoms with Crippen molar-refractivity contribution in [2.45, 2.75) is 37.8 Å². The van der Waals surface area contributed by atoms with Gasteiger partial charge in [0.1, 0.15) is 12.2 Å². The van der Waals surface area contributed by atoms with E-state index >= 15 is 0 Å². The molecule has 70 valence electrons. The lowest BCUT2D eigenvalue weighted by Gasteiger charge is -2.11. The molecule has 1 fully saturated rings.